The minimum absolute atomic E-state index is 0.216. The van der Waals surface area contributed by atoms with Crippen LogP contribution in [0.3, 0.4) is 0 Å². The van der Waals surface area contributed by atoms with Crippen LogP contribution in [0.25, 0.3) is 0 Å². The van der Waals surface area contributed by atoms with Gasteiger partial charge < -0.3 is 4.74 Å². The van der Waals surface area contributed by atoms with Crippen molar-refractivity contribution in [2.24, 2.45) is 0 Å². The number of hydrogen-bond donors (Lipinski definition) is 2. The Bertz CT molecular complexity index is 740. The minimum Gasteiger partial charge on any atom is -0.483 e. The molecule has 0 fully saturated rings. The highest BCUT2D eigenvalue weighted by molar-refractivity contribution is 14.1. The van der Waals surface area contributed by atoms with E-state index in [0.717, 1.165) is 12.5 Å². The van der Waals surface area contributed by atoms with E-state index in [-0.39, 0.29) is 12.5 Å². The number of halogens is 3. The summed E-state index contributed by atoms with van der Waals surface area (Å²) in [4.78, 5) is 23.7. The summed E-state index contributed by atoms with van der Waals surface area (Å²) in [5, 5.41) is 0. The number of hydrazine groups is 1. The lowest BCUT2D eigenvalue weighted by molar-refractivity contribution is -0.123. The normalized spacial score (nSPS) is 10.0. The predicted molar refractivity (Wildman–Crippen MR) is 102 cm³/mol. The zero-order valence-electron chi connectivity index (χ0n) is 11.6. The molecule has 2 N–H and O–H groups in total. The molecule has 2 rings (SSSR count). The van der Waals surface area contributed by atoms with Crippen LogP contribution in [0.4, 0.5) is 0 Å². The summed E-state index contributed by atoms with van der Waals surface area (Å²) in [5.74, 6) is -0.306. The molecule has 2 aromatic rings. The van der Waals surface area contributed by atoms with Gasteiger partial charge >= 0.3 is 0 Å². The number of hydrogen-bond acceptors (Lipinski definition) is 3. The fourth-order valence-corrected chi connectivity index (χ4v) is 3.40. The van der Waals surface area contributed by atoms with Gasteiger partial charge in [0.1, 0.15) is 5.75 Å². The van der Waals surface area contributed by atoms with Crippen LogP contribution in [0.15, 0.2) is 51.4 Å². The number of benzene rings is 2. The quantitative estimate of drug-likeness (QED) is 0.449. The van der Waals surface area contributed by atoms with Crippen molar-refractivity contribution in [2.45, 2.75) is 0 Å². The number of rotatable bonds is 4. The first-order valence-corrected chi connectivity index (χ1v) is 9.05. The van der Waals surface area contributed by atoms with Gasteiger partial charge in [0, 0.05) is 8.04 Å². The van der Waals surface area contributed by atoms with Crippen molar-refractivity contribution in [3.8, 4) is 5.75 Å². The van der Waals surface area contributed by atoms with E-state index >= 15 is 0 Å². The van der Waals surface area contributed by atoms with Gasteiger partial charge in [-0.25, -0.2) is 0 Å². The molecule has 0 bridgehead atoms. The first kappa shape index (κ1) is 18.2. The molecule has 2 amide bonds. The number of carbonyl (C=O) groups excluding carboxylic acids is 2. The van der Waals surface area contributed by atoms with Crippen LogP contribution in [-0.4, -0.2) is 18.4 Å². The van der Waals surface area contributed by atoms with Crippen molar-refractivity contribution >= 4 is 66.3 Å². The number of carbonyl (C=O) groups is 2. The topological polar surface area (TPSA) is 67.4 Å². The van der Waals surface area contributed by atoms with Gasteiger partial charge in [0.15, 0.2) is 6.61 Å². The fourth-order valence-electron chi connectivity index (χ4n) is 1.61. The Balaban J connectivity index is 1.83. The van der Waals surface area contributed by atoms with Crippen molar-refractivity contribution in [3.63, 3.8) is 0 Å². The van der Waals surface area contributed by atoms with Crippen LogP contribution < -0.4 is 15.6 Å². The van der Waals surface area contributed by atoms with E-state index in [2.05, 4.69) is 65.3 Å². The molecule has 8 heteroatoms. The van der Waals surface area contributed by atoms with Crippen molar-refractivity contribution in [1.29, 1.82) is 0 Å². The number of ether oxygens (including phenoxy) is 1. The third-order valence-corrected chi connectivity index (χ3v) is 4.74. The minimum atomic E-state index is -0.459. The van der Waals surface area contributed by atoms with Gasteiger partial charge in [0.2, 0.25) is 0 Å². The van der Waals surface area contributed by atoms with Gasteiger partial charge in [0.05, 0.1) is 10.0 Å². The molecule has 0 saturated heterocycles. The molecule has 0 aliphatic rings. The Morgan fingerprint density at radius 3 is 2.52 bits per heavy atom. The average Bonchev–Trinajstić information content (AvgIpc) is 2.52. The maximum absolute atomic E-state index is 12.0. The van der Waals surface area contributed by atoms with Crippen LogP contribution in [0.1, 0.15) is 10.4 Å². The van der Waals surface area contributed by atoms with Gasteiger partial charge in [-0.15, -0.1) is 0 Å². The number of amides is 2. The Hall–Kier alpha value is -1.13. The van der Waals surface area contributed by atoms with Crippen LogP contribution in [0.5, 0.6) is 5.75 Å². The highest BCUT2D eigenvalue weighted by Crippen LogP contribution is 2.28. The molecule has 0 heterocycles. The van der Waals surface area contributed by atoms with Gasteiger partial charge in [-0.2, -0.15) is 0 Å². The number of nitrogens with one attached hydrogen (secondary N) is 2. The molecular weight excluding hydrogens is 543 g/mol. The highest BCUT2D eigenvalue weighted by Gasteiger charge is 2.11. The lowest BCUT2D eigenvalue weighted by Crippen LogP contribution is -2.44. The summed E-state index contributed by atoms with van der Waals surface area (Å²) >= 11 is 8.73. The summed E-state index contributed by atoms with van der Waals surface area (Å²) in [5.41, 5.74) is 5.17. The molecule has 0 spiro atoms. The van der Waals surface area contributed by atoms with Gasteiger partial charge in [-0.3, -0.25) is 20.4 Å². The molecule has 0 aromatic heterocycles. The standard InChI is InChI=1S/C15H11Br2IN2O3/c16-9-5-6-13(11(17)7-9)23-8-14(21)19-20-15(22)10-3-1-2-4-12(10)18/h1-7H,8H2,(H,19,21)(H,20,22). The largest absolute Gasteiger partial charge is 0.483 e. The van der Waals surface area contributed by atoms with Crippen molar-refractivity contribution < 1.29 is 14.3 Å². The zero-order valence-corrected chi connectivity index (χ0v) is 16.9. The molecule has 5 nitrogen and oxygen atoms in total. The molecule has 2 aromatic carbocycles. The summed E-state index contributed by atoms with van der Waals surface area (Å²) in [6.45, 7) is -0.216. The Labute approximate surface area is 163 Å². The lowest BCUT2D eigenvalue weighted by atomic mass is 10.2. The van der Waals surface area contributed by atoms with Crippen LogP contribution in [0.2, 0.25) is 0 Å². The molecular formula is C15H11Br2IN2O3. The van der Waals surface area contributed by atoms with Crippen molar-refractivity contribution in [2.75, 3.05) is 6.61 Å². The highest BCUT2D eigenvalue weighted by atomic mass is 127. The van der Waals surface area contributed by atoms with Gasteiger partial charge in [-0.1, -0.05) is 28.1 Å². The van der Waals surface area contributed by atoms with E-state index in [1.165, 1.54) is 0 Å². The van der Waals surface area contributed by atoms with E-state index in [9.17, 15) is 9.59 Å². The maximum atomic E-state index is 12.0. The molecule has 0 aliphatic carbocycles. The van der Waals surface area contributed by atoms with E-state index in [4.69, 9.17) is 4.74 Å². The first-order valence-electron chi connectivity index (χ1n) is 6.39. The SMILES string of the molecule is O=C(COc1ccc(Br)cc1Br)NNC(=O)c1ccccc1I. The third kappa shape index (κ3) is 5.47. The van der Waals surface area contributed by atoms with E-state index < -0.39 is 5.91 Å². The maximum Gasteiger partial charge on any atom is 0.276 e. The van der Waals surface area contributed by atoms with Crippen LogP contribution >= 0.6 is 54.5 Å². The second-order valence-corrected chi connectivity index (χ2v) is 7.28. The second-order valence-electron chi connectivity index (χ2n) is 4.35. The summed E-state index contributed by atoms with van der Waals surface area (Å²) in [6, 6.07) is 12.4. The van der Waals surface area contributed by atoms with E-state index in [1.54, 1.807) is 24.3 Å². The van der Waals surface area contributed by atoms with Crippen LogP contribution in [0, 0.1) is 3.57 Å². The molecule has 0 atom stereocenters. The molecule has 0 radical (unpaired) electrons. The fraction of sp³-hybridized carbons (Fsp3) is 0.0667. The molecule has 0 aliphatic heterocycles. The Morgan fingerprint density at radius 2 is 1.83 bits per heavy atom. The van der Waals surface area contributed by atoms with E-state index in [0.29, 0.717) is 11.3 Å². The van der Waals surface area contributed by atoms with Crippen LogP contribution in [-0.2, 0) is 4.79 Å². The Morgan fingerprint density at radius 1 is 1.09 bits per heavy atom. The average molecular weight is 554 g/mol. The Kier molecular flexibility index (Phi) is 6.85. The van der Waals surface area contributed by atoms with Crippen molar-refractivity contribution in [3.05, 3.63) is 60.5 Å². The molecule has 0 saturated carbocycles. The lowest BCUT2D eigenvalue weighted by Gasteiger charge is -2.10. The summed E-state index contributed by atoms with van der Waals surface area (Å²) in [7, 11) is 0. The zero-order chi connectivity index (χ0) is 16.8. The van der Waals surface area contributed by atoms with Gasteiger partial charge in [0.25, 0.3) is 11.8 Å². The first-order chi connectivity index (χ1) is 11.0. The summed E-state index contributed by atoms with van der Waals surface area (Å²) in [6.07, 6.45) is 0. The smallest absolute Gasteiger partial charge is 0.276 e. The summed E-state index contributed by atoms with van der Waals surface area (Å²) < 4.78 is 7.80. The molecule has 120 valence electrons. The van der Waals surface area contributed by atoms with Gasteiger partial charge in [-0.05, 0) is 68.9 Å². The predicted octanol–water partition coefficient (Wildman–Crippen LogP) is 3.66. The molecule has 23 heavy (non-hydrogen) atoms. The third-order valence-electron chi connectivity index (χ3n) is 2.69. The van der Waals surface area contributed by atoms with Crippen molar-refractivity contribution in [1.82, 2.24) is 10.9 Å². The second kappa shape index (κ2) is 8.65. The monoisotopic (exact) mass is 552 g/mol. The van der Waals surface area contributed by atoms with E-state index in [1.807, 2.05) is 18.2 Å². The molecule has 0 unspecified atom stereocenters.